The van der Waals surface area contributed by atoms with Gasteiger partial charge in [0.05, 0.1) is 13.7 Å². The van der Waals surface area contributed by atoms with Gasteiger partial charge in [-0.1, -0.05) is 6.08 Å². The van der Waals surface area contributed by atoms with E-state index in [1.807, 2.05) is 11.0 Å². The largest absolute Gasteiger partial charge is 0.496 e. The fourth-order valence-electron chi connectivity index (χ4n) is 3.86. The van der Waals surface area contributed by atoms with Crippen molar-refractivity contribution in [1.82, 2.24) is 14.9 Å². The van der Waals surface area contributed by atoms with Crippen LogP contribution in [0.2, 0.25) is 0 Å². The average Bonchev–Trinajstić information content (AvgIpc) is 3.01. The number of benzene rings is 1. The predicted molar refractivity (Wildman–Crippen MR) is 111 cm³/mol. The van der Waals surface area contributed by atoms with Gasteiger partial charge in [-0.2, -0.15) is 0 Å². The van der Waals surface area contributed by atoms with Crippen LogP contribution in [0.1, 0.15) is 18.5 Å². The second kappa shape index (κ2) is 8.05. The highest BCUT2D eigenvalue weighted by Gasteiger charge is 2.17. The number of H-pyrrole nitrogens is 1. The maximum Gasteiger partial charge on any atom is 0.231 e. The lowest BCUT2D eigenvalue weighted by Gasteiger charge is -2.15. The molecule has 150 valence electrons. The Labute approximate surface area is 168 Å². The third kappa shape index (κ3) is 4.00. The minimum Gasteiger partial charge on any atom is -0.496 e. The summed E-state index contributed by atoms with van der Waals surface area (Å²) in [6.07, 6.45) is 5.66. The van der Waals surface area contributed by atoms with Gasteiger partial charge in [0.2, 0.25) is 5.91 Å². The van der Waals surface area contributed by atoms with E-state index in [1.54, 1.807) is 19.4 Å². The number of methoxy groups -OCH3 is 1. The lowest BCUT2D eigenvalue weighted by molar-refractivity contribution is -0.119. The number of allylic oxidation sites excluding steroid dienone is 1. The van der Waals surface area contributed by atoms with E-state index in [0.29, 0.717) is 17.9 Å². The first-order chi connectivity index (χ1) is 14.0. The molecule has 4 rings (SSSR count). The molecule has 0 aliphatic carbocycles. The highest BCUT2D eigenvalue weighted by atomic mass is 19.1. The molecule has 3 aromatic rings. The van der Waals surface area contributed by atoms with Gasteiger partial charge in [-0.3, -0.25) is 9.69 Å². The first-order valence-electron chi connectivity index (χ1n) is 9.57. The fourth-order valence-corrected chi connectivity index (χ4v) is 3.86. The number of hydrogen-bond donors (Lipinski definition) is 2. The van der Waals surface area contributed by atoms with E-state index in [0.717, 1.165) is 41.7 Å². The molecular weight excluding hydrogens is 371 g/mol. The summed E-state index contributed by atoms with van der Waals surface area (Å²) in [4.78, 5) is 21.1. The first kappa shape index (κ1) is 19.1. The van der Waals surface area contributed by atoms with Crippen LogP contribution in [0, 0.1) is 5.82 Å². The van der Waals surface area contributed by atoms with Crippen molar-refractivity contribution in [1.29, 1.82) is 0 Å². The van der Waals surface area contributed by atoms with Crippen LogP contribution >= 0.6 is 0 Å². The van der Waals surface area contributed by atoms with Gasteiger partial charge in [-0.05, 0) is 60.9 Å². The van der Waals surface area contributed by atoms with Crippen LogP contribution in [0.15, 0.2) is 42.6 Å². The summed E-state index contributed by atoms with van der Waals surface area (Å²) < 4.78 is 19.3. The van der Waals surface area contributed by atoms with Crippen molar-refractivity contribution in [3.63, 3.8) is 0 Å². The molecule has 0 fully saturated rings. The van der Waals surface area contributed by atoms with Gasteiger partial charge in [0.1, 0.15) is 17.2 Å². The number of nitrogens with one attached hydrogen (secondary N) is 1. The third-order valence-corrected chi connectivity index (χ3v) is 5.23. The Balaban J connectivity index is 1.73. The molecule has 0 saturated heterocycles. The van der Waals surface area contributed by atoms with Crippen LogP contribution < -0.4 is 10.5 Å². The monoisotopic (exact) mass is 394 g/mol. The van der Waals surface area contributed by atoms with Gasteiger partial charge in [-0.15, -0.1) is 0 Å². The summed E-state index contributed by atoms with van der Waals surface area (Å²) in [7, 11) is 1.58. The van der Waals surface area contributed by atoms with Crippen LogP contribution in [0.5, 0.6) is 5.75 Å². The number of halogens is 1. The summed E-state index contributed by atoms with van der Waals surface area (Å²) in [6.45, 7) is 1.76. The molecule has 1 aliphatic heterocycles. The van der Waals surface area contributed by atoms with Crippen LogP contribution in [0.25, 0.3) is 27.7 Å². The molecule has 0 spiro atoms. The second-order valence-corrected chi connectivity index (χ2v) is 7.18. The molecule has 0 saturated carbocycles. The Kier molecular flexibility index (Phi) is 5.31. The lowest BCUT2D eigenvalue weighted by Crippen LogP contribution is -2.34. The quantitative estimate of drug-likeness (QED) is 0.695. The van der Waals surface area contributed by atoms with Crippen molar-refractivity contribution < 1.29 is 13.9 Å². The lowest BCUT2D eigenvalue weighted by atomic mass is 10.0. The molecule has 7 heteroatoms. The minimum absolute atomic E-state index is 0.265. The Morgan fingerprint density at radius 2 is 2.17 bits per heavy atom. The number of fused-ring (bicyclic) bond motifs is 1. The molecule has 29 heavy (non-hydrogen) atoms. The van der Waals surface area contributed by atoms with Crippen LogP contribution in [0.3, 0.4) is 0 Å². The van der Waals surface area contributed by atoms with Crippen molar-refractivity contribution in [2.24, 2.45) is 5.73 Å². The Hall–Kier alpha value is -3.19. The van der Waals surface area contributed by atoms with Gasteiger partial charge >= 0.3 is 0 Å². The molecule has 0 bridgehead atoms. The Morgan fingerprint density at radius 3 is 2.97 bits per heavy atom. The molecule has 1 amide bonds. The summed E-state index contributed by atoms with van der Waals surface area (Å²) in [5, 5.41) is 0.908. The number of carbonyl (C=O) groups is 1. The summed E-state index contributed by atoms with van der Waals surface area (Å²) in [5.74, 6) is -0.0229. The number of amides is 1. The number of nitrogens with zero attached hydrogens (tertiary/aromatic N) is 2. The Bertz CT molecular complexity index is 1090. The number of primary amides is 1. The van der Waals surface area contributed by atoms with E-state index in [1.165, 1.54) is 17.7 Å². The van der Waals surface area contributed by atoms with E-state index in [9.17, 15) is 9.18 Å². The van der Waals surface area contributed by atoms with Gasteiger partial charge < -0.3 is 15.5 Å². The molecule has 2 aromatic heterocycles. The summed E-state index contributed by atoms with van der Waals surface area (Å²) in [5.41, 5.74) is 9.77. The van der Waals surface area contributed by atoms with E-state index in [-0.39, 0.29) is 18.3 Å². The first-order valence-corrected chi connectivity index (χ1v) is 9.57. The van der Waals surface area contributed by atoms with Crippen molar-refractivity contribution in [3.8, 4) is 16.9 Å². The normalized spacial score (nSPS) is 15.2. The zero-order chi connectivity index (χ0) is 20.4. The number of pyridine rings is 1. The second-order valence-electron chi connectivity index (χ2n) is 7.18. The standard InChI is InChI=1S/C22H23FN4O2/c1-29-20-5-4-15(23)11-17(20)16-6-8-25-22-18(16)12-19(26-22)14-3-2-9-27(10-7-14)13-21(24)28/h4-8,11-12H,2-3,9-10,13H2,1H3,(H2,24,28)(H,25,26). The average molecular weight is 394 g/mol. The highest BCUT2D eigenvalue weighted by Crippen LogP contribution is 2.36. The number of ether oxygens (including phenoxy) is 1. The molecule has 0 atom stereocenters. The zero-order valence-corrected chi connectivity index (χ0v) is 16.2. The number of hydrogen-bond acceptors (Lipinski definition) is 4. The van der Waals surface area contributed by atoms with E-state index in [4.69, 9.17) is 10.5 Å². The van der Waals surface area contributed by atoms with Crippen molar-refractivity contribution in [2.45, 2.75) is 12.8 Å². The zero-order valence-electron chi connectivity index (χ0n) is 16.2. The van der Waals surface area contributed by atoms with Gasteiger partial charge in [-0.25, -0.2) is 9.37 Å². The van der Waals surface area contributed by atoms with Crippen molar-refractivity contribution in [2.75, 3.05) is 26.7 Å². The molecule has 0 unspecified atom stereocenters. The predicted octanol–water partition coefficient (Wildman–Crippen LogP) is 3.34. The molecule has 1 aliphatic rings. The maximum atomic E-state index is 13.9. The van der Waals surface area contributed by atoms with Gasteiger partial charge in [0.25, 0.3) is 0 Å². The van der Waals surface area contributed by atoms with E-state index >= 15 is 0 Å². The number of carbonyl (C=O) groups excluding carboxylic acids is 1. The molecule has 3 N–H and O–H groups in total. The molecule has 6 nitrogen and oxygen atoms in total. The third-order valence-electron chi connectivity index (χ3n) is 5.23. The van der Waals surface area contributed by atoms with Crippen molar-refractivity contribution >= 4 is 22.5 Å². The topological polar surface area (TPSA) is 84.2 Å². The van der Waals surface area contributed by atoms with Crippen molar-refractivity contribution in [3.05, 3.63) is 54.1 Å². The molecule has 3 heterocycles. The number of rotatable bonds is 5. The minimum atomic E-state index is -0.317. The summed E-state index contributed by atoms with van der Waals surface area (Å²) >= 11 is 0. The molecule has 0 radical (unpaired) electrons. The van der Waals surface area contributed by atoms with Gasteiger partial charge in [0, 0.05) is 29.4 Å². The van der Waals surface area contributed by atoms with Crippen LogP contribution in [-0.4, -0.2) is 47.5 Å². The SMILES string of the molecule is COc1ccc(F)cc1-c1ccnc2[nH]c(C3=CCN(CC(N)=O)CCC3)cc12. The Morgan fingerprint density at radius 1 is 1.31 bits per heavy atom. The van der Waals surface area contributed by atoms with E-state index in [2.05, 4.69) is 22.1 Å². The van der Waals surface area contributed by atoms with Gasteiger partial charge in [0.15, 0.2) is 0 Å². The maximum absolute atomic E-state index is 13.9. The number of aromatic nitrogens is 2. The number of aromatic amines is 1. The highest BCUT2D eigenvalue weighted by molar-refractivity contribution is 5.96. The fraction of sp³-hybridized carbons (Fsp3) is 0.273. The van der Waals surface area contributed by atoms with Crippen LogP contribution in [-0.2, 0) is 4.79 Å². The number of nitrogens with two attached hydrogens (primary N) is 1. The molecule has 1 aromatic carbocycles. The molecular formula is C22H23FN4O2. The summed E-state index contributed by atoms with van der Waals surface area (Å²) in [6, 6.07) is 8.42. The van der Waals surface area contributed by atoms with E-state index < -0.39 is 0 Å². The van der Waals surface area contributed by atoms with Crippen LogP contribution in [0.4, 0.5) is 4.39 Å². The smallest absolute Gasteiger partial charge is 0.231 e.